The fourth-order valence-corrected chi connectivity index (χ4v) is 4.32. The normalized spacial score (nSPS) is 11.6. The summed E-state index contributed by atoms with van der Waals surface area (Å²) < 4.78 is 19.9. The Balaban J connectivity index is 1.88. The number of hydrogen-bond acceptors (Lipinski definition) is 8. The van der Waals surface area contributed by atoms with E-state index >= 15 is 0 Å². The van der Waals surface area contributed by atoms with E-state index in [4.69, 9.17) is 19.9 Å². The van der Waals surface area contributed by atoms with E-state index in [1.807, 2.05) is 58.8 Å². The molecule has 36 heavy (non-hydrogen) atoms. The number of hydrogen-bond donors (Lipinski definition) is 1. The third-order valence-corrected chi connectivity index (χ3v) is 6.06. The summed E-state index contributed by atoms with van der Waals surface area (Å²) >= 11 is 0. The Labute approximate surface area is 206 Å². The summed E-state index contributed by atoms with van der Waals surface area (Å²) in [7, 11) is 6.56. The van der Waals surface area contributed by atoms with Crippen LogP contribution in [-0.4, -0.2) is 40.4 Å². The summed E-state index contributed by atoms with van der Waals surface area (Å²) in [6, 6.07) is 13.3. The van der Waals surface area contributed by atoms with Crippen LogP contribution in [0, 0.1) is 11.5 Å². The molecule has 0 aliphatic carbocycles. The van der Waals surface area contributed by atoms with Crippen LogP contribution in [0.5, 0.6) is 17.4 Å². The average Bonchev–Trinajstić information content (AvgIpc) is 3.19. The highest BCUT2D eigenvalue weighted by Gasteiger charge is 2.18. The molecule has 0 spiro atoms. The van der Waals surface area contributed by atoms with Gasteiger partial charge in [-0.3, -0.25) is 9.55 Å². The lowest BCUT2D eigenvalue weighted by molar-refractivity contribution is 0.394. The van der Waals surface area contributed by atoms with Crippen LogP contribution in [-0.2, 0) is 7.05 Å². The lowest BCUT2D eigenvalue weighted by Gasteiger charge is -2.12. The molecule has 0 aliphatic rings. The van der Waals surface area contributed by atoms with Gasteiger partial charge in [-0.2, -0.15) is 5.26 Å². The molecular formula is C26H23N7O3. The number of nitrogens with zero attached hydrogens (tertiary/aromatic N) is 6. The lowest BCUT2D eigenvalue weighted by Crippen LogP contribution is -2.22. The summed E-state index contributed by atoms with van der Waals surface area (Å²) in [6.07, 6.45) is 5.41. The maximum atomic E-state index is 9.48. The van der Waals surface area contributed by atoms with Crippen molar-refractivity contribution in [2.75, 3.05) is 27.1 Å². The number of aryl methyl sites for hydroxylation is 1. The van der Waals surface area contributed by atoms with E-state index in [0.717, 1.165) is 38.8 Å². The Morgan fingerprint density at radius 3 is 2.31 bits per heavy atom. The molecule has 10 nitrogen and oxygen atoms in total. The van der Waals surface area contributed by atoms with Crippen molar-refractivity contribution < 1.29 is 14.2 Å². The van der Waals surface area contributed by atoms with Crippen molar-refractivity contribution in [2.45, 2.75) is 0 Å². The number of nitrogens with two attached hydrogens (primary N) is 1. The maximum absolute atomic E-state index is 9.48. The number of imidazole rings is 1. The van der Waals surface area contributed by atoms with E-state index in [-0.39, 0.29) is 0 Å². The molecule has 5 rings (SSSR count). The van der Waals surface area contributed by atoms with Crippen LogP contribution in [0.15, 0.2) is 59.9 Å². The maximum Gasteiger partial charge on any atom is 0.236 e. The second-order valence-electron chi connectivity index (χ2n) is 8.02. The van der Waals surface area contributed by atoms with E-state index in [9.17, 15) is 5.26 Å². The van der Waals surface area contributed by atoms with E-state index in [1.165, 1.54) is 7.11 Å². The standard InChI is InChI=1S/C26H23N7O3/c1-32-23-13-29-22-6-5-15(16-8-21(28)25(36-4)30-12-16)7-20(22)24(23)33(26(32)31-14-27)17-9-18(34-2)11-19(10-17)35-3/h5-13H,28H2,1-4H3/b31-26-. The van der Waals surface area contributed by atoms with Crippen LogP contribution < -0.4 is 25.6 Å². The third-order valence-electron chi connectivity index (χ3n) is 6.06. The van der Waals surface area contributed by atoms with Crippen molar-refractivity contribution in [1.82, 2.24) is 19.1 Å². The highest BCUT2D eigenvalue weighted by molar-refractivity contribution is 6.04. The number of rotatable bonds is 5. The molecule has 0 saturated carbocycles. The van der Waals surface area contributed by atoms with Gasteiger partial charge in [-0.05, 0) is 23.8 Å². The molecule has 0 amide bonds. The molecule has 180 valence electrons. The van der Waals surface area contributed by atoms with E-state index < -0.39 is 0 Å². The highest BCUT2D eigenvalue weighted by Crippen LogP contribution is 2.33. The van der Waals surface area contributed by atoms with Gasteiger partial charge in [0.1, 0.15) is 11.5 Å². The molecule has 2 N–H and O–H groups in total. The lowest BCUT2D eigenvalue weighted by atomic mass is 10.0. The summed E-state index contributed by atoms with van der Waals surface area (Å²) in [5, 5.41) is 10.3. The molecule has 0 fully saturated rings. The molecule has 3 aromatic heterocycles. The molecule has 0 unspecified atom stereocenters. The first-order valence-corrected chi connectivity index (χ1v) is 11.0. The Morgan fingerprint density at radius 1 is 0.917 bits per heavy atom. The van der Waals surface area contributed by atoms with Gasteiger partial charge >= 0.3 is 0 Å². The number of benzene rings is 2. The van der Waals surface area contributed by atoms with Gasteiger partial charge in [-0.15, -0.1) is 4.99 Å². The number of methoxy groups -OCH3 is 3. The number of fused-ring (bicyclic) bond motifs is 3. The van der Waals surface area contributed by atoms with Crippen molar-refractivity contribution in [1.29, 1.82) is 5.26 Å². The van der Waals surface area contributed by atoms with Crippen LogP contribution in [0.1, 0.15) is 0 Å². The number of nitriles is 1. The zero-order valence-corrected chi connectivity index (χ0v) is 20.2. The van der Waals surface area contributed by atoms with Gasteiger partial charge in [0.2, 0.25) is 17.7 Å². The second kappa shape index (κ2) is 8.96. The van der Waals surface area contributed by atoms with Gasteiger partial charge in [-0.25, -0.2) is 4.98 Å². The van der Waals surface area contributed by atoms with Crippen molar-refractivity contribution in [2.24, 2.45) is 12.0 Å². The number of anilines is 1. The van der Waals surface area contributed by atoms with Crippen molar-refractivity contribution in [3.63, 3.8) is 0 Å². The van der Waals surface area contributed by atoms with Crippen LogP contribution in [0.3, 0.4) is 0 Å². The first-order valence-electron chi connectivity index (χ1n) is 11.0. The topological polar surface area (TPSA) is 126 Å². The number of aromatic nitrogens is 4. The molecule has 0 aliphatic heterocycles. The minimum Gasteiger partial charge on any atom is -0.497 e. The van der Waals surface area contributed by atoms with Crippen LogP contribution >= 0.6 is 0 Å². The van der Waals surface area contributed by atoms with Gasteiger partial charge in [0.15, 0.2) is 0 Å². The Morgan fingerprint density at radius 2 is 1.67 bits per heavy atom. The smallest absolute Gasteiger partial charge is 0.236 e. The first kappa shape index (κ1) is 22.7. The fourth-order valence-electron chi connectivity index (χ4n) is 4.32. The minimum atomic E-state index is 0.374. The van der Waals surface area contributed by atoms with Crippen molar-refractivity contribution >= 4 is 27.6 Å². The van der Waals surface area contributed by atoms with Gasteiger partial charge < -0.3 is 24.5 Å². The predicted octanol–water partition coefficient (Wildman–Crippen LogP) is 3.57. The van der Waals surface area contributed by atoms with Gasteiger partial charge in [0.25, 0.3) is 0 Å². The summed E-state index contributed by atoms with van der Waals surface area (Å²) in [5.74, 6) is 1.59. The van der Waals surface area contributed by atoms with E-state index in [0.29, 0.717) is 28.7 Å². The molecule has 0 radical (unpaired) electrons. The number of ether oxygens (including phenoxy) is 3. The second-order valence-corrected chi connectivity index (χ2v) is 8.02. The molecule has 0 atom stereocenters. The van der Waals surface area contributed by atoms with Crippen LogP contribution in [0.4, 0.5) is 5.69 Å². The monoisotopic (exact) mass is 481 g/mol. The molecular weight excluding hydrogens is 458 g/mol. The molecule has 10 heteroatoms. The molecule has 5 aromatic rings. The average molecular weight is 482 g/mol. The van der Waals surface area contributed by atoms with Gasteiger partial charge in [0.05, 0.1) is 55.5 Å². The van der Waals surface area contributed by atoms with Crippen LogP contribution in [0.25, 0.3) is 38.8 Å². The molecule has 2 aromatic carbocycles. The van der Waals surface area contributed by atoms with E-state index in [2.05, 4.69) is 15.0 Å². The summed E-state index contributed by atoms with van der Waals surface area (Å²) in [6.45, 7) is 0. The van der Waals surface area contributed by atoms with Crippen molar-refractivity contribution in [3.8, 4) is 40.4 Å². The Kier molecular flexibility index (Phi) is 5.66. The summed E-state index contributed by atoms with van der Waals surface area (Å²) in [4.78, 5) is 13.1. The Hall–Kier alpha value is -5.04. The number of pyridine rings is 2. The van der Waals surface area contributed by atoms with Crippen molar-refractivity contribution in [3.05, 3.63) is 60.5 Å². The quantitative estimate of drug-likeness (QED) is 0.380. The van der Waals surface area contributed by atoms with E-state index in [1.54, 1.807) is 32.7 Å². The SMILES string of the molecule is COc1cc(OC)cc(-n2/c(=N\C#N)n(C)c3cnc4ccc(-c5cnc(OC)c(N)c5)cc4c32)c1. The highest BCUT2D eigenvalue weighted by atomic mass is 16.5. The first-order chi connectivity index (χ1) is 17.5. The largest absolute Gasteiger partial charge is 0.497 e. The Bertz CT molecular complexity index is 1720. The fraction of sp³-hybridized carbons (Fsp3) is 0.154. The van der Waals surface area contributed by atoms with Gasteiger partial charge in [0, 0.05) is 42.4 Å². The zero-order valence-electron chi connectivity index (χ0n) is 20.2. The minimum absolute atomic E-state index is 0.374. The molecule has 3 heterocycles. The number of nitrogen functional groups attached to an aromatic ring is 1. The predicted molar refractivity (Wildman–Crippen MR) is 136 cm³/mol. The van der Waals surface area contributed by atoms with Crippen LogP contribution in [0.2, 0.25) is 0 Å². The molecule has 0 saturated heterocycles. The molecule has 0 bridgehead atoms. The zero-order chi connectivity index (χ0) is 25.4. The van der Waals surface area contributed by atoms with Gasteiger partial charge in [-0.1, -0.05) is 6.07 Å². The summed E-state index contributed by atoms with van der Waals surface area (Å²) in [5.41, 5.74) is 11.8. The third kappa shape index (κ3) is 3.63.